The van der Waals surface area contributed by atoms with E-state index in [1.807, 2.05) is 54.6 Å². The predicted octanol–water partition coefficient (Wildman–Crippen LogP) is 6.72. The fourth-order valence-corrected chi connectivity index (χ4v) is 4.59. The summed E-state index contributed by atoms with van der Waals surface area (Å²) in [4.78, 5) is 12.2. The molecule has 1 radical (unpaired) electrons. The molecule has 151 valence electrons. The first-order chi connectivity index (χ1) is 15.0. The number of carbonyl (C=O) groups excluding carboxylic acids is 1. The van der Waals surface area contributed by atoms with Gasteiger partial charge in [-0.25, -0.2) is 0 Å². The highest BCUT2D eigenvalue weighted by Gasteiger charge is 2.18. The zero-order valence-corrected chi connectivity index (χ0v) is 17.9. The van der Waals surface area contributed by atoms with Gasteiger partial charge in [-0.15, -0.1) is 0 Å². The van der Waals surface area contributed by atoms with Crippen molar-refractivity contribution in [3.05, 3.63) is 106 Å². The van der Waals surface area contributed by atoms with E-state index < -0.39 is 5.91 Å². The van der Waals surface area contributed by atoms with Crippen LogP contribution in [0.2, 0.25) is 10.0 Å². The van der Waals surface area contributed by atoms with Crippen LogP contribution in [-0.4, -0.2) is 10.5 Å². The third-order valence-electron chi connectivity index (χ3n) is 5.54. The van der Waals surface area contributed by atoms with Crippen molar-refractivity contribution in [1.29, 1.82) is 0 Å². The van der Waals surface area contributed by atoms with Gasteiger partial charge in [0, 0.05) is 31.9 Å². The van der Waals surface area contributed by atoms with Gasteiger partial charge in [0.25, 0.3) is 0 Å². The van der Waals surface area contributed by atoms with Crippen molar-refractivity contribution in [2.45, 2.75) is 6.54 Å². The molecular weight excluding hydrogens is 427 g/mol. The van der Waals surface area contributed by atoms with Gasteiger partial charge >= 0.3 is 0 Å². The number of carbonyl (C=O) groups is 1. The van der Waals surface area contributed by atoms with Crippen LogP contribution in [-0.2, 0) is 6.54 Å². The molecule has 2 N–H and O–H groups in total. The van der Waals surface area contributed by atoms with E-state index in [0.717, 1.165) is 38.5 Å². The first-order valence-electron chi connectivity index (χ1n) is 9.79. The lowest BCUT2D eigenvalue weighted by atomic mass is 10.0. The molecule has 4 aromatic carbocycles. The van der Waals surface area contributed by atoms with Crippen molar-refractivity contribution in [1.82, 2.24) is 4.57 Å². The Morgan fingerprint density at radius 1 is 0.871 bits per heavy atom. The Morgan fingerprint density at radius 2 is 1.58 bits per heavy atom. The molecule has 5 rings (SSSR count). The number of primary amides is 1. The van der Waals surface area contributed by atoms with E-state index in [1.165, 1.54) is 0 Å². The van der Waals surface area contributed by atoms with Gasteiger partial charge in [0.2, 0.25) is 5.91 Å². The van der Waals surface area contributed by atoms with Gasteiger partial charge in [-0.05, 0) is 53.6 Å². The van der Waals surface area contributed by atoms with Crippen molar-refractivity contribution >= 4 is 50.9 Å². The normalized spacial score (nSPS) is 11.3. The number of benzene rings is 4. The maximum Gasteiger partial charge on any atom is 0.249 e. The van der Waals surface area contributed by atoms with Crippen molar-refractivity contribution in [2.24, 2.45) is 5.73 Å². The number of fused-ring (bicyclic) bond motifs is 3. The molecule has 0 saturated heterocycles. The smallest absolute Gasteiger partial charge is 0.249 e. The van der Waals surface area contributed by atoms with E-state index in [2.05, 4.69) is 28.8 Å². The molecule has 1 aromatic heterocycles. The molecule has 0 unspecified atom stereocenters. The summed E-state index contributed by atoms with van der Waals surface area (Å²) < 4.78 is 2.12. The average Bonchev–Trinajstić information content (AvgIpc) is 3.10. The molecule has 0 aliphatic heterocycles. The number of rotatable bonds is 4. The van der Waals surface area contributed by atoms with E-state index >= 15 is 0 Å². The summed E-state index contributed by atoms with van der Waals surface area (Å²) in [6.07, 6.45) is 0. The summed E-state index contributed by atoms with van der Waals surface area (Å²) in [6, 6.07) is 28.6. The monoisotopic (exact) mass is 443 g/mol. The maximum atomic E-state index is 12.2. The van der Waals surface area contributed by atoms with Gasteiger partial charge in [-0.2, -0.15) is 0 Å². The van der Waals surface area contributed by atoms with Gasteiger partial charge in [-0.1, -0.05) is 65.7 Å². The summed E-state index contributed by atoms with van der Waals surface area (Å²) in [5.74, 6) is -0.471. The van der Waals surface area contributed by atoms with Crippen molar-refractivity contribution in [3.8, 4) is 11.1 Å². The number of nitrogens with zero attached hydrogens (tertiary/aromatic N) is 1. The lowest BCUT2D eigenvalue weighted by molar-refractivity contribution is 0.100. The highest BCUT2D eigenvalue weighted by Crippen LogP contribution is 2.36. The lowest BCUT2D eigenvalue weighted by Crippen LogP contribution is -2.11. The Hall–Kier alpha value is -3.27. The molecule has 0 aliphatic carbocycles. The van der Waals surface area contributed by atoms with Crippen LogP contribution in [0.15, 0.2) is 78.9 Å². The lowest BCUT2D eigenvalue weighted by Gasteiger charge is -2.12. The summed E-state index contributed by atoms with van der Waals surface area (Å²) >= 11 is 13.0. The standard InChI is InChI=1S/C26H17Cl2N2O/c27-21-9-5-10-22(28)20(21)15-30-23-11-4-8-19(26(29)31)25(23)18-13-12-17(14-24(18)30)16-6-2-1-3-7-16/h1-12,14H,15H2,(H2,29,31). The van der Waals surface area contributed by atoms with Gasteiger partial charge < -0.3 is 10.3 Å². The van der Waals surface area contributed by atoms with Crippen LogP contribution in [0.5, 0.6) is 0 Å². The number of aromatic nitrogens is 1. The number of hydrogen-bond donors (Lipinski definition) is 1. The topological polar surface area (TPSA) is 48.0 Å². The quantitative estimate of drug-likeness (QED) is 0.329. The molecule has 31 heavy (non-hydrogen) atoms. The van der Waals surface area contributed by atoms with Gasteiger partial charge in [0.15, 0.2) is 0 Å². The molecular formula is C26H17Cl2N2O. The van der Waals surface area contributed by atoms with Crippen LogP contribution >= 0.6 is 23.2 Å². The summed E-state index contributed by atoms with van der Waals surface area (Å²) in [6.45, 7) is 0.451. The van der Waals surface area contributed by atoms with Crippen molar-refractivity contribution < 1.29 is 4.79 Å². The molecule has 0 bridgehead atoms. The predicted molar refractivity (Wildman–Crippen MR) is 128 cm³/mol. The fraction of sp³-hybridized carbons (Fsp3) is 0.0385. The Kier molecular flexibility index (Phi) is 4.93. The highest BCUT2D eigenvalue weighted by atomic mass is 35.5. The second kappa shape index (κ2) is 7.77. The summed E-state index contributed by atoms with van der Waals surface area (Å²) in [7, 11) is 0. The molecule has 5 aromatic rings. The van der Waals surface area contributed by atoms with Crippen molar-refractivity contribution in [3.63, 3.8) is 0 Å². The Morgan fingerprint density at radius 3 is 2.29 bits per heavy atom. The molecule has 0 fully saturated rings. The SMILES string of the molecule is NC(=O)c1cccc2c1c1[c]cc(-c3ccccc3)cc1n2Cc1c(Cl)cccc1Cl. The minimum absolute atomic E-state index is 0.451. The molecule has 0 aliphatic rings. The number of hydrogen-bond acceptors (Lipinski definition) is 1. The number of nitrogens with two attached hydrogens (primary N) is 1. The van der Waals surface area contributed by atoms with E-state index in [4.69, 9.17) is 28.9 Å². The molecule has 3 nitrogen and oxygen atoms in total. The maximum absolute atomic E-state index is 12.2. The Balaban J connectivity index is 1.84. The van der Waals surface area contributed by atoms with E-state index in [1.54, 1.807) is 6.07 Å². The number of amides is 1. The largest absolute Gasteiger partial charge is 0.366 e. The van der Waals surface area contributed by atoms with Crippen LogP contribution in [0.1, 0.15) is 15.9 Å². The van der Waals surface area contributed by atoms with Gasteiger partial charge in [0.05, 0.1) is 17.6 Å². The second-order valence-electron chi connectivity index (χ2n) is 7.36. The molecule has 1 heterocycles. The minimum atomic E-state index is -0.471. The Bertz CT molecular complexity index is 1440. The van der Waals surface area contributed by atoms with Gasteiger partial charge in [-0.3, -0.25) is 4.79 Å². The van der Waals surface area contributed by atoms with Crippen LogP contribution in [0.25, 0.3) is 32.9 Å². The third-order valence-corrected chi connectivity index (χ3v) is 6.25. The van der Waals surface area contributed by atoms with Crippen LogP contribution in [0.3, 0.4) is 0 Å². The molecule has 1 amide bonds. The minimum Gasteiger partial charge on any atom is -0.366 e. The molecule has 0 atom stereocenters. The molecule has 5 heteroatoms. The van der Waals surface area contributed by atoms with Crippen LogP contribution < -0.4 is 5.73 Å². The zero-order chi connectivity index (χ0) is 21.5. The molecule has 0 saturated carbocycles. The van der Waals surface area contributed by atoms with E-state index in [-0.39, 0.29) is 0 Å². The summed E-state index contributed by atoms with van der Waals surface area (Å²) in [5.41, 5.74) is 10.9. The van der Waals surface area contributed by atoms with Crippen molar-refractivity contribution in [2.75, 3.05) is 0 Å². The first kappa shape index (κ1) is 19.7. The van der Waals surface area contributed by atoms with E-state index in [9.17, 15) is 4.79 Å². The van der Waals surface area contributed by atoms with Crippen LogP contribution in [0.4, 0.5) is 0 Å². The van der Waals surface area contributed by atoms with E-state index in [0.29, 0.717) is 22.2 Å². The van der Waals surface area contributed by atoms with Crippen LogP contribution in [0, 0.1) is 6.07 Å². The zero-order valence-electron chi connectivity index (χ0n) is 16.4. The number of halogens is 2. The van der Waals surface area contributed by atoms with Gasteiger partial charge in [0.1, 0.15) is 0 Å². The summed E-state index contributed by atoms with van der Waals surface area (Å²) in [5, 5.41) is 2.81. The highest BCUT2D eigenvalue weighted by molar-refractivity contribution is 6.36. The average molecular weight is 444 g/mol. The molecule has 0 spiro atoms. The third kappa shape index (κ3) is 3.36. The Labute approximate surface area is 189 Å². The fourth-order valence-electron chi connectivity index (χ4n) is 4.07. The first-order valence-corrected chi connectivity index (χ1v) is 10.5. The second-order valence-corrected chi connectivity index (χ2v) is 8.18.